The minimum atomic E-state index is -0.401. The highest BCUT2D eigenvalue weighted by molar-refractivity contribution is 5.32. The number of aliphatic hydroxyl groups excluding tert-OH is 1. The summed E-state index contributed by atoms with van der Waals surface area (Å²) in [6.07, 6.45) is 3.83. The van der Waals surface area contributed by atoms with Crippen LogP contribution in [0.4, 0.5) is 5.69 Å². The zero-order valence-electron chi connectivity index (χ0n) is 10.2. The summed E-state index contributed by atoms with van der Waals surface area (Å²) in [6.45, 7) is 0.639. The first kappa shape index (κ1) is 13.0. The first-order valence-corrected chi connectivity index (χ1v) is 6.31. The van der Waals surface area contributed by atoms with Crippen LogP contribution in [-0.2, 0) is 6.54 Å². The molecular weight excluding hydrogens is 232 g/mol. The van der Waals surface area contributed by atoms with Crippen molar-refractivity contribution in [3.8, 4) is 0 Å². The van der Waals surface area contributed by atoms with Crippen molar-refractivity contribution < 1.29 is 10.0 Å². The molecule has 0 aliphatic heterocycles. The van der Waals surface area contributed by atoms with Crippen LogP contribution in [0.3, 0.4) is 0 Å². The zero-order valence-corrected chi connectivity index (χ0v) is 10.2. The van der Waals surface area contributed by atoms with Crippen LogP contribution in [0.25, 0.3) is 0 Å². The van der Waals surface area contributed by atoms with Gasteiger partial charge in [0.15, 0.2) is 0 Å². The van der Waals surface area contributed by atoms with E-state index in [9.17, 15) is 15.2 Å². The summed E-state index contributed by atoms with van der Waals surface area (Å²) in [5.74, 6) is 0. The molecule has 2 N–H and O–H groups in total. The number of hydrogen-bond donors (Lipinski definition) is 2. The van der Waals surface area contributed by atoms with Gasteiger partial charge < -0.3 is 10.4 Å². The van der Waals surface area contributed by atoms with Crippen LogP contribution >= 0.6 is 0 Å². The van der Waals surface area contributed by atoms with Crippen molar-refractivity contribution in [2.75, 3.05) is 0 Å². The van der Waals surface area contributed by atoms with Gasteiger partial charge >= 0.3 is 0 Å². The lowest BCUT2D eigenvalue weighted by atomic mass is 9.92. The monoisotopic (exact) mass is 250 g/mol. The summed E-state index contributed by atoms with van der Waals surface area (Å²) in [4.78, 5) is 10.1. The number of benzene rings is 1. The number of rotatable bonds is 4. The second-order valence-electron chi connectivity index (χ2n) is 4.76. The number of hydrogen-bond acceptors (Lipinski definition) is 4. The van der Waals surface area contributed by atoms with E-state index in [-0.39, 0.29) is 17.8 Å². The maximum absolute atomic E-state index is 10.5. The molecule has 5 nitrogen and oxygen atoms in total. The van der Waals surface area contributed by atoms with Crippen LogP contribution in [-0.4, -0.2) is 22.2 Å². The van der Waals surface area contributed by atoms with E-state index in [1.807, 2.05) is 0 Å². The topological polar surface area (TPSA) is 75.4 Å². The van der Waals surface area contributed by atoms with Crippen LogP contribution in [0, 0.1) is 10.1 Å². The van der Waals surface area contributed by atoms with Crippen LogP contribution < -0.4 is 5.32 Å². The molecule has 1 aromatic rings. The summed E-state index contributed by atoms with van der Waals surface area (Å²) >= 11 is 0. The summed E-state index contributed by atoms with van der Waals surface area (Å²) in [5, 5.41) is 23.6. The molecule has 1 aliphatic carbocycles. The lowest BCUT2D eigenvalue weighted by Crippen LogP contribution is -2.41. The predicted molar refractivity (Wildman–Crippen MR) is 68.2 cm³/mol. The van der Waals surface area contributed by atoms with E-state index in [1.165, 1.54) is 12.1 Å². The standard InChI is InChI=1S/C13H18N2O3/c16-13-4-2-1-3-12(13)14-9-10-5-7-11(8-6-10)15(17)18/h5-8,12-14,16H,1-4,9H2/t12-,13-/m0/s1. The Morgan fingerprint density at radius 2 is 1.94 bits per heavy atom. The average molecular weight is 250 g/mol. The van der Waals surface area contributed by atoms with Crippen LogP contribution in [0.2, 0.25) is 0 Å². The molecule has 98 valence electrons. The molecule has 0 amide bonds. The van der Waals surface area contributed by atoms with Gasteiger partial charge in [-0.05, 0) is 18.4 Å². The number of aliphatic hydroxyl groups is 1. The third kappa shape index (κ3) is 3.27. The lowest BCUT2D eigenvalue weighted by molar-refractivity contribution is -0.384. The summed E-state index contributed by atoms with van der Waals surface area (Å²) < 4.78 is 0. The fraction of sp³-hybridized carbons (Fsp3) is 0.538. The molecule has 5 heteroatoms. The van der Waals surface area contributed by atoms with E-state index < -0.39 is 4.92 Å². The van der Waals surface area contributed by atoms with Crippen molar-refractivity contribution in [1.82, 2.24) is 5.32 Å². The van der Waals surface area contributed by atoms with Gasteiger partial charge in [-0.25, -0.2) is 0 Å². The Morgan fingerprint density at radius 1 is 1.28 bits per heavy atom. The molecule has 0 bridgehead atoms. The maximum atomic E-state index is 10.5. The Balaban J connectivity index is 1.87. The SMILES string of the molecule is O=[N+]([O-])c1ccc(CN[C@H]2CCCC[C@@H]2O)cc1. The van der Waals surface area contributed by atoms with Gasteiger partial charge in [0.05, 0.1) is 11.0 Å². The molecule has 1 saturated carbocycles. The second-order valence-corrected chi connectivity index (χ2v) is 4.76. The van der Waals surface area contributed by atoms with Crippen molar-refractivity contribution in [1.29, 1.82) is 0 Å². The Bertz CT molecular complexity index is 405. The molecule has 2 atom stereocenters. The van der Waals surface area contributed by atoms with Crippen molar-refractivity contribution in [2.24, 2.45) is 0 Å². The summed E-state index contributed by atoms with van der Waals surface area (Å²) in [7, 11) is 0. The average Bonchev–Trinajstić information content (AvgIpc) is 2.38. The van der Waals surface area contributed by atoms with Gasteiger partial charge in [0.1, 0.15) is 0 Å². The number of nitrogens with zero attached hydrogens (tertiary/aromatic N) is 1. The van der Waals surface area contributed by atoms with E-state index in [4.69, 9.17) is 0 Å². The predicted octanol–water partition coefficient (Wildman–Crippen LogP) is 1.99. The van der Waals surface area contributed by atoms with E-state index in [2.05, 4.69) is 5.32 Å². The number of nitrogens with one attached hydrogen (secondary N) is 1. The number of nitro groups is 1. The smallest absolute Gasteiger partial charge is 0.269 e. The van der Waals surface area contributed by atoms with Gasteiger partial charge in [-0.15, -0.1) is 0 Å². The molecule has 0 unspecified atom stereocenters. The fourth-order valence-electron chi connectivity index (χ4n) is 2.33. The number of nitro benzene ring substituents is 1. The quantitative estimate of drug-likeness (QED) is 0.633. The van der Waals surface area contributed by atoms with Crippen molar-refractivity contribution in [3.05, 3.63) is 39.9 Å². The van der Waals surface area contributed by atoms with E-state index in [0.29, 0.717) is 6.54 Å². The zero-order chi connectivity index (χ0) is 13.0. The summed E-state index contributed by atoms with van der Waals surface area (Å²) in [6, 6.07) is 6.66. The maximum Gasteiger partial charge on any atom is 0.269 e. The molecule has 2 rings (SSSR count). The summed E-state index contributed by atoms with van der Waals surface area (Å²) in [5.41, 5.74) is 1.11. The van der Waals surface area contributed by atoms with Crippen molar-refractivity contribution >= 4 is 5.69 Å². The molecule has 18 heavy (non-hydrogen) atoms. The van der Waals surface area contributed by atoms with Crippen LogP contribution in [0.1, 0.15) is 31.2 Å². The first-order valence-electron chi connectivity index (χ1n) is 6.31. The molecule has 1 fully saturated rings. The van der Waals surface area contributed by atoms with Crippen LogP contribution in [0.15, 0.2) is 24.3 Å². The minimum absolute atomic E-state index is 0.108. The third-order valence-corrected chi connectivity index (χ3v) is 3.45. The lowest BCUT2D eigenvalue weighted by Gasteiger charge is -2.28. The molecule has 1 aliphatic rings. The molecule has 0 aromatic heterocycles. The molecule has 0 heterocycles. The van der Waals surface area contributed by atoms with Gasteiger partial charge in [-0.2, -0.15) is 0 Å². The Morgan fingerprint density at radius 3 is 2.56 bits per heavy atom. The second kappa shape index (κ2) is 5.93. The molecule has 1 aromatic carbocycles. The molecule has 0 saturated heterocycles. The van der Waals surface area contributed by atoms with Crippen molar-refractivity contribution in [3.63, 3.8) is 0 Å². The largest absolute Gasteiger partial charge is 0.392 e. The van der Waals surface area contributed by atoms with Crippen LogP contribution in [0.5, 0.6) is 0 Å². The normalized spacial score (nSPS) is 23.8. The van der Waals surface area contributed by atoms with E-state index >= 15 is 0 Å². The highest BCUT2D eigenvalue weighted by Gasteiger charge is 2.22. The minimum Gasteiger partial charge on any atom is -0.392 e. The first-order chi connectivity index (χ1) is 8.66. The van der Waals surface area contributed by atoms with E-state index in [0.717, 1.165) is 31.2 Å². The van der Waals surface area contributed by atoms with Gasteiger partial charge in [-0.3, -0.25) is 10.1 Å². The fourth-order valence-corrected chi connectivity index (χ4v) is 2.33. The highest BCUT2D eigenvalue weighted by Crippen LogP contribution is 2.19. The third-order valence-electron chi connectivity index (χ3n) is 3.45. The Hall–Kier alpha value is -1.46. The molecular formula is C13H18N2O3. The van der Waals surface area contributed by atoms with Gasteiger partial charge in [0.25, 0.3) is 5.69 Å². The number of non-ortho nitro benzene ring substituents is 1. The Kier molecular flexibility index (Phi) is 4.28. The highest BCUT2D eigenvalue weighted by atomic mass is 16.6. The van der Waals surface area contributed by atoms with E-state index in [1.54, 1.807) is 12.1 Å². The van der Waals surface area contributed by atoms with Gasteiger partial charge in [0, 0.05) is 24.7 Å². The van der Waals surface area contributed by atoms with Gasteiger partial charge in [-0.1, -0.05) is 25.0 Å². The van der Waals surface area contributed by atoms with Gasteiger partial charge in [0.2, 0.25) is 0 Å². The van der Waals surface area contributed by atoms with Crippen molar-refractivity contribution in [2.45, 2.75) is 44.4 Å². The Labute approximate surface area is 106 Å². The molecule has 0 spiro atoms. The molecule has 0 radical (unpaired) electrons.